The second kappa shape index (κ2) is 7.19. The van der Waals surface area contributed by atoms with Crippen LogP contribution in [0.3, 0.4) is 0 Å². The third kappa shape index (κ3) is 3.34. The number of hydrogen-bond acceptors (Lipinski definition) is 3. The number of rotatable bonds is 5. The molecule has 0 atom stereocenters. The Balaban J connectivity index is 1.58. The topological polar surface area (TPSA) is 71.9 Å². The van der Waals surface area contributed by atoms with Crippen LogP contribution in [-0.4, -0.2) is 27.8 Å². The van der Waals surface area contributed by atoms with Gasteiger partial charge in [-0.1, -0.05) is 12.1 Å². The smallest absolute Gasteiger partial charge is 0.253 e. The minimum atomic E-state index is -0.402. The fourth-order valence-electron chi connectivity index (χ4n) is 3.27. The first kappa shape index (κ1) is 17.8. The van der Waals surface area contributed by atoms with Crippen LogP contribution >= 0.6 is 0 Å². The van der Waals surface area contributed by atoms with Crippen LogP contribution < -0.4 is 10.1 Å². The van der Waals surface area contributed by atoms with E-state index < -0.39 is 5.82 Å². The lowest BCUT2D eigenvalue weighted by Gasteiger charge is -2.07. The molecule has 2 aromatic carbocycles. The monoisotopic (exact) mass is 378 g/mol. The number of nitrogens with one attached hydrogen (secondary N) is 2. The molecule has 1 amide bonds. The molecule has 4 aromatic rings. The highest BCUT2D eigenvalue weighted by Crippen LogP contribution is 2.27. The highest BCUT2D eigenvalue weighted by atomic mass is 19.1. The van der Waals surface area contributed by atoms with Gasteiger partial charge < -0.3 is 14.6 Å². The summed E-state index contributed by atoms with van der Waals surface area (Å²) in [7, 11) is 3.38. The van der Waals surface area contributed by atoms with E-state index in [0.717, 1.165) is 22.0 Å². The van der Waals surface area contributed by atoms with Gasteiger partial charge in [0.25, 0.3) is 5.91 Å². The first-order chi connectivity index (χ1) is 13.5. The second-order valence-electron chi connectivity index (χ2n) is 6.55. The molecule has 0 saturated heterocycles. The zero-order chi connectivity index (χ0) is 19.7. The number of carbonyl (C=O) groups excluding carboxylic acids is 1. The molecular weight excluding hydrogens is 359 g/mol. The van der Waals surface area contributed by atoms with E-state index in [1.165, 1.54) is 19.2 Å². The number of benzene rings is 2. The van der Waals surface area contributed by atoms with Gasteiger partial charge in [-0.15, -0.1) is 0 Å². The summed E-state index contributed by atoms with van der Waals surface area (Å²) in [5, 5.41) is 10.5. The molecule has 0 aliphatic carbocycles. The summed E-state index contributed by atoms with van der Waals surface area (Å²) in [6.45, 7) is 0.205. The summed E-state index contributed by atoms with van der Waals surface area (Å²) >= 11 is 0. The molecule has 0 spiro atoms. The Hall–Kier alpha value is -3.61. The number of hydrogen-bond donors (Lipinski definition) is 2. The molecule has 0 unspecified atom stereocenters. The minimum absolute atomic E-state index is 0.205. The number of methoxy groups -OCH3 is 1. The zero-order valence-corrected chi connectivity index (χ0v) is 15.5. The number of halogens is 1. The predicted molar refractivity (Wildman–Crippen MR) is 105 cm³/mol. The molecule has 7 heteroatoms. The number of amides is 1. The highest BCUT2D eigenvalue weighted by Gasteiger charge is 2.15. The minimum Gasteiger partial charge on any atom is -0.497 e. The number of aromatic nitrogens is 3. The maximum absolute atomic E-state index is 13.6. The van der Waals surface area contributed by atoms with Gasteiger partial charge in [-0.05, 0) is 29.3 Å². The molecule has 2 aromatic heterocycles. The number of ether oxygens (including phenoxy) is 1. The van der Waals surface area contributed by atoms with Crippen molar-refractivity contribution in [3.8, 4) is 16.9 Å². The molecule has 2 N–H and O–H groups in total. The van der Waals surface area contributed by atoms with Gasteiger partial charge in [0.2, 0.25) is 0 Å². The van der Waals surface area contributed by atoms with Gasteiger partial charge in [-0.3, -0.25) is 9.89 Å². The molecule has 0 bridgehead atoms. The van der Waals surface area contributed by atoms with Crippen LogP contribution in [0.25, 0.3) is 22.0 Å². The van der Waals surface area contributed by atoms with Gasteiger partial charge in [-0.2, -0.15) is 5.10 Å². The van der Waals surface area contributed by atoms with E-state index >= 15 is 0 Å². The van der Waals surface area contributed by atoms with Crippen molar-refractivity contribution in [1.29, 1.82) is 0 Å². The SMILES string of the molecule is COc1cc(F)cc(CNC(=O)c2cn(C)c3cc(-c4cn[nH]c4)ccc23)c1. The van der Waals surface area contributed by atoms with E-state index in [-0.39, 0.29) is 12.5 Å². The summed E-state index contributed by atoms with van der Waals surface area (Å²) in [6.07, 6.45) is 5.38. The zero-order valence-electron chi connectivity index (χ0n) is 15.5. The van der Waals surface area contributed by atoms with Gasteiger partial charge in [0.05, 0.1) is 18.9 Å². The molecule has 0 aliphatic heterocycles. The normalized spacial score (nSPS) is 11.0. The highest BCUT2D eigenvalue weighted by molar-refractivity contribution is 6.07. The Labute approximate surface area is 160 Å². The lowest BCUT2D eigenvalue weighted by molar-refractivity contribution is 0.0952. The van der Waals surface area contributed by atoms with Crippen molar-refractivity contribution >= 4 is 16.8 Å². The standard InChI is InChI=1S/C21H19FN4O2/c1-26-12-19(18-4-3-14(7-20(18)26)15-10-24-25-11-15)21(27)23-9-13-5-16(22)8-17(6-13)28-2/h3-8,10-12H,9H2,1-2H3,(H,23,27)(H,24,25). The van der Waals surface area contributed by atoms with E-state index in [9.17, 15) is 9.18 Å². The van der Waals surface area contributed by atoms with Gasteiger partial charge in [0.15, 0.2) is 0 Å². The largest absolute Gasteiger partial charge is 0.497 e. The first-order valence-corrected chi connectivity index (χ1v) is 8.75. The molecule has 6 nitrogen and oxygen atoms in total. The lowest BCUT2D eigenvalue weighted by Crippen LogP contribution is -2.22. The maximum Gasteiger partial charge on any atom is 0.253 e. The van der Waals surface area contributed by atoms with Crippen molar-refractivity contribution in [2.75, 3.05) is 7.11 Å². The van der Waals surface area contributed by atoms with Crippen LogP contribution in [0.4, 0.5) is 4.39 Å². The van der Waals surface area contributed by atoms with E-state index in [0.29, 0.717) is 16.9 Å². The Morgan fingerprint density at radius 1 is 1.25 bits per heavy atom. The van der Waals surface area contributed by atoms with Crippen molar-refractivity contribution < 1.29 is 13.9 Å². The number of aromatic amines is 1. The Bertz CT molecular complexity index is 1150. The molecular formula is C21H19FN4O2. The van der Waals surface area contributed by atoms with E-state index in [1.54, 1.807) is 18.5 Å². The summed E-state index contributed by atoms with van der Waals surface area (Å²) in [5.74, 6) is -0.202. The fourth-order valence-corrected chi connectivity index (χ4v) is 3.27. The van der Waals surface area contributed by atoms with Gasteiger partial charge in [0, 0.05) is 48.5 Å². The van der Waals surface area contributed by atoms with Crippen LogP contribution in [0, 0.1) is 5.82 Å². The average Bonchev–Trinajstić information content (AvgIpc) is 3.34. The first-order valence-electron chi connectivity index (χ1n) is 8.75. The van der Waals surface area contributed by atoms with Crippen molar-refractivity contribution in [3.63, 3.8) is 0 Å². The summed E-state index contributed by atoms with van der Waals surface area (Å²) in [5.41, 5.74) is 4.14. The Morgan fingerprint density at radius 2 is 2.11 bits per heavy atom. The fraction of sp³-hybridized carbons (Fsp3) is 0.143. The number of H-pyrrole nitrogens is 1. The van der Waals surface area contributed by atoms with Crippen molar-refractivity contribution in [2.24, 2.45) is 7.05 Å². The average molecular weight is 378 g/mol. The molecule has 4 rings (SSSR count). The molecule has 28 heavy (non-hydrogen) atoms. The van der Waals surface area contributed by atoms with Crippen molar-refractivity contribution in [1.82, 2.24) is 20.1 Å². The number of fused-ring (bicyclic) bond motifs is 1. The van der Waals surface area contributed by atoms with E-state index in [1.807, 2.05) is 36.0 Å². The number of nitrogens with zero attached hydrogens (tertiary/aromatic N) is 2. The summed E-state index contributed by atoms with van der Waals surface area (Å²) in [6, 6.07) is 10.3. The van der Waals surface area contributed by atoms with E-state index in [2.05, 4.69) is 15.5 Å². The summed E-state index contributed by atoms with van der Waals surface area (Å²) in [4.78, 5) is 12.7. The summed E-state index contributed by atoms with van der Waals surface area (Å²) < 4.78 is 20.6. The van der Waals surface area contributed by atoms with Gasteiger partial charge in [0.1, 0.15) is 11.6 Å². The maximum atomic E-state index is 13.6. The van der Waals surface area contributed by atoms with Crippen LogP contribution in [0.1, 0.15) is 15.9 Å². The second-order valence-corrected chi connectivity index (χ2v) is 6.55. The lowest BCUT2D eigenvalue weighted by atomic mass is 10.1. The molecule has 0 saturated carbocycles. The van der Waals surface area contributed by atoms with E-state index in [4.69, 9.17) is 4.74 Å². The molecule has 2 heterocycles. The van der Waals surface area contributed by atoms with Crippen LogP contribution in [-0.2, 0) is 13.6 Å². The Kier molecular flexibility index (Phi) is 4.57. The van der Waals surface area contributed by atoms with Crippen LogP contribution in [0.5, 0.6) is 5.75 Å². The number of carbonyl (C=O) groups is 1. The molecule has 0 aliphatic rings. The molecule has 0 fully saturated rings. The predicted octanol–water partition coefficient (Wildman–Crippen LogP) is 3.65. The van der Waals surface area contributed by atoms with Gasteiger partial charge >= 0.3 is 0 Å². The third-order valence-electron chi connectivity index (χ3n) is 4.69. The van der Waals surface area contributed by atoms with Crippen LogP contribution in [0.15, 0.2) is 55.0 Å². The molecule has 142 valence electrons. The number of aryl methyl sites for hydroxylation is 1. The van der Waals surface area contributed by atoms with Crippen LogP contribution in [0.2, 0.25) is 0 Å². The van der Waals surface area contributed by atoms with Crippen molar-refractivity contribution in [3.05, 3.63) is 71.9 Å². The molecule has 0 radical (unpaired) electrons. The quantitative estimate of drug-likeness (QED) is 0.557. The Morgan fingerprint density at radius 3 is 2.86 bits per heavy atom. The van der Waals surface area contributed by atoms with Gasteiger partial charge in [-0.25, -0.2) is 4.39 Å². The third-order valence-corrected chi connectivity index (χ3v) is 4.69. The van der Waals surface area contributed by atoms with Crippen molar-refractivity contribution in [2.45, 2.75) is 6.54 Å².